The van der Waals surface area contributed by atoms with Crippen LogP contribution in [-0.4, -0.2) is 33.0 Å². The summed E-state index contributed by atoms with van der Waals surface area (Å²) in [4.78, 5) is 16.4. The number of benzene rings is 2. The van der Waals surface area contributed by atoms with Crippen LogP contribution < -0.4 is 10.6 Å². The largest absolute Gasteiger partial charge is 0.465 e. The number of thiophene rings is 1. The molecule has 7 nitrogen and oxygen atoms in total. The number of thiocarbonyl (C=S) groups is 1. The number of ether oxygens (including phenoxy) is 1. The van der Waals surface area contributed by atoms with Crippen molar-refractivity contribution in [3.05, 3.63) is 68.2 Å². The number of nitrogens with one attached hydrogen (secondary N) is 2. The van der Waals surface area contributed by atoms with Crippen LogP contribution in [0, 0.1) is 0 Å². The molecule has 2 aromatic heterocycles. The highest BCUT2D eigenvalue weighted by molar-refractivity contribution is 7.80. The lowest BCUT2D eigenvalue weighted by Gasteiger charge is -2.08. The lowest BCUT2D eigenvalue weighted by atomic mass is 10.2. The van der Waals surface area contributed by atoms with Crippen LogP contribution in [0.1, 0.15) is 15.2 Å². The van der Waals surface area contributed by atoms with Gasteiger partial charge >= 0.3 is 5.97 Å². The van der Waals surface area contributed by atoms with Crippen LogP contribution in [0.5, 0.6) is 0 Å². The van der Waals surface area contributed by atoms with Crippen LogP contribution in [0.3, 0.4) is 0 Å². The van der Waals surface area contributed by atoms with E-state index < -0.39 is 5.97 Å². The Bertz CT molecular complexity index is 1340. The molecule has 2 N–H and O–H groups in total. The molecule has 0 spiro atoms. The molecule has 0 saturated carbocycles. The third-order valence-electron chi connectivity index (χ3n) is 4.35. The first kappa shape index (κ1) is 22.8. The number of fused-ring (bicyclic) bond motifs is 1. The van der Waals surface area contributed by atoms with Gasteiger partial charge in [-0.25, -0.2) is 14.5 Å². The van der Waals surface area contributed by atoms with Crippen molar-refractivity contribution in [1.82, 2.24) is 14.8 Å². The number of aromatic nitrogens is 3. The Hall–Kier alpha value is -2.43. The molecule has 0 aliphatic rings. The van der Waals surface area contributed by atoms with Gasteiger partial charge in [0.05, 0.1) is 28.7 Å². The van der Waals surface area contributed by atoms with Crippen LogP contribution in [-0.2, 0) is 11.3 Å². The van der Waals surface area contributed by atoms with Crippen molar-refractivity contribution in [2.75, 3.05) is 17.7 Å². The molecule has 0 saturated heterocycles. The fraction of sp³-hybridized carbons (Fsp3) is 0.100. The van der Waals surface area contributed by atoms with Gasteiger partial charge in [-0.3, -0.25) is 5.32 Å². The Kier molecular flexibility index (Phi) is 6.82. The molecule has 0 amide bonds. The van der Waals surface area contributed by atoms with Gasteiger partial charge in [0.15, 0.2) is 5.11 Å². The molecule has 0 fully saturated rings. The first-order valence-electron chi connectivity index (χ1n) is 9.06. The van der Waals surface area contributed by atoms with Crippen LogP contribution in [0.25, 0.3) is 10.1 Å². The minimum absolute atomic E-state index is 0.312. The van der Waals surface area contributed by atoms with Crippen LogP contribution in [0.15, 0.2) is 42.7 Å². The molecule has 164 valence electrons. The van der Waals surface area contributed by atoms with Crippen molar-refractivity contribution in [3.63, 3.8) is 0 Å². The van der Waals surface area contributed by atoms with Gasteiger partial charge in [-0.1, -0.05) is 40.9 Å². The Balaban J connectivity index is 1.42. The predicted octanol–water partition coefficient (Wildman–Crippen LogP) is 6.10. The van der Waals surface area contributed by atoms with Crippen molar-refractivity contribution in [2.24, 2.45) is 0 Å². The zero-order valence-corrected chi connectivity index (χ0v) is 20.3. The smallest absolute Gasteiger partial charge is 0.349 e. The highest BCUT2D eigenvalue weighted by Gasteiger charge is 2.18. The monoisotopic (exact) mass is 525 g/mol. The van der Waals surface area contributed by atoms with E-state index in [1.165, 1.54) is 18.4 Å². The Morgan fingerprint density at radius 3 is 2.72 bits per heavy atom. The summed E-state index contributed by atoms with van der Waals surface area (Å²) in [5, 5.41) is 12.8. The molecule has 2 heterocycles. The summed E-state index contributed by atoms with van der Waals surface area (Å²) in [6, 6.07) is 10.9. The topological polar surface area (TPSA) is 81.1 Å². The van der Waals surface area contributed by atoms with E-state index in [0.717, 1.165) is 21.3 Å². The van der Waals surface area contributed by atoms with E-state index in [2.05, 4.69) is 20.7 Å². The summed E-state index contributed by atoms with van der Waals surface area (Å²) >= 11 is 24.9. The molecule has 0 unspecified atom stereocenters. The lowest BCUT2D eigenvalue weighted by molar-refractivity contribution is 0.0606. The molecule has 0 radical (unpaired) electrons. The standard InChI is InChI=1S/C20H14Cl3N5O2S2/c1-30-18(29)17-16(23)12-4-3-11(7-15(12)32-17)25-20(31)26-19-24-9-28(27-19)8-10-2-5-13(21)14(22)6-10/h2-7,9H,8H2,1H3,(H2,25,26,27,31). The first-order chi connectivity index (χ1) is 15.3. The third-order valence-corrected chi connectivity index (χ3v) is 6.93. The second-order valence-corrected chi connectivity index (χ2v) is 9.19. The van der Waals surface area contributed by atoms with Crippen molar-refractivity contribution >= 4 is 91.2 Å². The van der Waals surface area contributed by atoms with Crippen molar-refractivity contribution in [3.8, 4) is 0 Å². The Morgan fingerprint density at radius 1 is 1.16 bits per heavy atom. The zero-order valence-electron chi connectivity index (χ0n) is 16.4. The van der Waals surface area contributed by atoms with Gasteiger partial charge in [0.1, 0.15) is 11.2 Å². The highest BCUT2D eigenvalue weighted by Crippen LogP contribution is 2.37. The van der Waals surface area contributed by atoms with E-state index in [1.54, 1.807) is 23.1 Å². The van der Waals surface area contributed by atoms with E-state index in [4.69, 9.17) is 51.8 Å². The summed E-state index contributed by atoms with van der Waals surface area (Å²) in [6.45, 7) is 0.476. The number of hydrogen-bond donors (Lipinski definition) is 2. The summed E-state index contributed by atoms with van der Waals surface area (Å²) in [6.07, 6.45) is 1.58. The van der Waals surface area contributed by atoms with Crippen LogP contribution in [0.2, 0.25) is 15.1 Å². The number of nitrogens with zero attached hydrogens (tertiary/aromatic N) is 3. The molecule has 0 bridgehead atoms. The fourth-order valence-corrected chi connectivity index (χ4v) is 4.88. The van der Waals surface area contributed by atoms with E-state index in [-0.39, 0.29) is 0 Å². The minimum Gasteiger partial charge on any atom is -0.465 e. The number of carbonyl (C=O) groups excluding carboxylic acids is 1. The van der Waals surface area contributed by atoms with Gasteiger partial charge < -0.3 is 10.1 Å². The van der Waals surface area contributed by atoms with Crippen molar-refractivity contribution in [1.29, 1.82) is 0 Å². The average Bonchev–Trinajstić information content (AvgIpc) is 3.33. The SMILES string of the molecule is COC(=O)c1sc2cc(NC(=S)Nc3ncn(Cc4ccc(Cl)c(Cl)c4)n3)ccc2c1Cl. The lowest BCUT2D eigenvalue weighted by Crippen LogP contribution is -2.20. The Morgan fingerprint density at radius 2 is 1.97 bits per heavy atom. The predicted molar refractivity (Wildman–Crippen MR) is 134 cm³/mol. The van der Waals surface area contributed by atoms with Gasteiger partial charge in [-0.2, -0.15) is 0 Å². The summed E-state index contributed by atoms with van der Waals surface area (Å²) in [5.74, 6) is -0.124. The maximum Gasteiger partial charge on any atom is 0.349 e. The summed E-state index contributed by atoms with van der Waals surface area (Å²) < 4.78 is 7.25. The molecule has 4 aromatic rings. The zero-order chi connectivity index (χ0) is 22.8. The maximum atomic E-state index is 11.8. The van der Waals surface area contributed by atoms with Crippen molar-refractivity contribution < 1.29 is 9.53 Å². The number of halogens is 3. The molecule has 12 heteroatoms. The number of carbonyl (C=O) groups is 1. The van der Waals surface area contributed by atoms with E-state index >= 15 is 0 Å². The molecule has 4 rings (SSSR count). The minimum atomic E-state index is -0.467. The van der Waals surface area contributed by atoms with E-state index in [0.29, 0.717) is 37.6 Å². The Labute approximate surface area is 207 Å². The van der Waals surface area contributed by atoms with Gasteiger partial charge in [0, 0.05) is 15.8 Å². The third kappa shape index (κ3) is 4.97. The first-order valence-corrected chi connectivity index (χ1v) is 11.4. The van der Waals surface area contributed by atoms with Gasteiger partial charge in [0.2, 0.25) is 5.95 Å². The molecular weight excluding hydrogens is 513 g/mol. The average molecular weight is 527 g/mol. The van der Waals surface area contributed by atoms with Gasteiger partial charge in [0.25, 0.3) is 0 Å². The normalized spacial score (nSPS) is 10.9. The molecule has 0 atom stereocenters. The second-order valence-electron chi connectivity index (χ2n) is 6.54. The number of methoxy groups -OCH3 is 1. The molecule has 32 heavy (non-hydrogen) atoms. The van der Waals surface area contributed by atoms with Gasteiger partial charge in [-0.15, -0.1) is 16.4 Å². The van der Waals surface area contributed by atoms with E-state index in [1.807, 2.05) is 24.3 Å². The highest BCUT2D eigenvalue weighted by atomic mass is 35.5. The molecule has 0 aliphatic carbocycles. The molecule has 0 aliphatic heterocycles. The number of rotatable bonds is 5. The molecule has 2 aromatic carbocycles. The summed E-state index contributed by atoms with van der Waals surface area (Å²) in [5.41, 5.74) is 1.66. The van der Waals surface area contributed by atoms with Gasteiger partial charge in [-0.05, 0) is 48.1 Å². The molecular formula is C20H14Cl3N5O2S2. The number of hydrogen-bond acceptors (Lipinski definition) is 6. The summed E-state index contributed by atoms with van der Waals surface area (Å²) in [7, 11) is 1.32. The van der Waals surface area contributed by atoms with E-state index in [9.17, 15) is 4.79 Å². The fourth-order valence-electron chi connectivity index (χ4n) is 2.88. The number of anilines is 2. The van der Waals surface area contributed by atoms with Crippen LogP contribution >= 0.6 is 58.4 Å². The number of esters is 1. The quantitative estimate of drug-likeness (QED) is 0.240. The van der Waals surface area contributed by atoms with Crippen LogP contribution in [0.4, 0.5) is 11.6 Å². The maximum absolute atomic E-state index is 11.8. The van der Waals surface area contributed by atoms with Crippen molar-refractivity contribution in [2.45, 2.75) is 6.54 Å². The second kappa shape index (κ2) is 9.60.